The van der Waals surface area contributed by atoms with Crippen molar-refractivity contribution in [3.63, 3.8) is 0 Å². The lowest BCUT2D eigenvalue weighted by atomic mass is 10.0. The largest absolute Gasteiger partial charge is 0.478 e. The van der Waals surface area contributed by atoms with Crippen LogP contribution in [0, 0.1) is 0 Å². The van der Waals surface area contributed by atoms with E-state index in [1.165, 1.54) is 17.2 Å². The number of halogens is 2. The van der Waals surface area contributed by atoms with Crippen LogP contribution in [0.3, 0.4) is 0 Å². The number of aromatic nitrogens is 1. The second kappa shape index (κ2) is 7.22. The number of benzene rings is 2. The summed E-state index contributed by atoms with van der Waals surface area (Å²) >= 11 is 12.0. The molecule has 0 fully saturated rings. The van der Waals surface area contributed by atoms with E-state index in [-0.39, 0.29) is 5.57 Å². The molecule has 3 aromatic rings. The van der Waals surface area contributed by atoms with Gasteiger partial charge in [0, 0.05) is 28.7 Å². The van der Waals surface area contributed by atoms with Crippen molar-refractivity contribution in [2.45, 2.75) is 6.42 Å². The molecule has 2 aromatic carbocycles. The number of aromatic amines is 1. The van der Waals surface area contributed by atoms with Gasteiger partial charge in [0.15, 0.2) is 0 Å². The number of fused-ring (bicyclic) bond motifs is 3. The van der Waals surface area contributed by atoms with Crippen molar-refractivity contribution in [1.29, 1.82) is 0 Å². The standard InChI is InChI=1S/C20H15Cl2N3O3/c21-11-5-6-17(15(22)9-11)24-20(28)25-8-7-13-12-3-1-2-4-16(12)23-18(13)14(10-25)19(26)27/h1-6,9-10,23H,7-8H2,(H,24,28)(H,26,27). The lowest BCUT2D eigenvalue weighted by molar-refractivity contribution is -0.130. The molecule has 3 N–H and O–H groups in total. The summed E-state index contributed by atoms with van der Waals surface area (Å²) in [6.45, 7) is 0.322. The Hall–Kier alpha value is -2.96. The third-order valence-electron chi connectivity index (χ3n) is 4.63. The smallest absolute Gasteiger partial charge is 0.339 e. The second-order valence-corrected chi connectivity index (χ2v) is 7.21. The zero-order chi connectivity index (χ0) is 19.8. The fraction of sp³-hybridized carbons (Fsp3) is 0.100. The molecule has 28 heavy (non-hydrogen) atoms. The van der Waals surface area contributed by atoms with Gasteiger partial charge in [0.25, 0.3) is 0 Å². The van der Waals surface area contributed by atoms with Gasteiger partial charge in [-0.15, -0.1) is 0 Å². The van der Waals surface area contributed by atoms with E-state index in [1.807, 2.05) is 24.3 Å². The fourth-order valence-corrected chi connectivity index (χ4v) is 3.76. The van der Waals surface area contributed by atoms with Crippen molar-refractivity contribution >= 4 is 57.4 Å². The SMILES string of the molecule is O=C(O)C1=CN(C(=O)Nc2ccc(Cl)cc2Cl)CCc2c1[nH]c1ccccc21. The van der Waals surface area contributed by atoms with Crippen LogP contribution >= 0.6 is 23.2 Å². The number of hydrogen-bond donors (Lipinski definition) is 3. The van der Waals surface area contributed by atoms with Gasteiger partial charge in [-0.3, -0.25) is 4.90 Å². The van der Waals surface area contributed by atoms with Gasteiger partial charge in [0.2, 0.25) is 0 Å². The Morgan fingerprint density at radius 2 is 1.93 bits per heavy atom. The normalized spacial score (nSPS) is 13.6. The summed E-state index contributed by atoms with van der Waals surface area (Å²) in [7, 11) is 0. The van der Waals surface area contributed by atoms with Crippen molar-refractivity contribution in [3.8, 4) is 0 Å². The Morgan fingerprint density at radius 1 is 1.14 bits per heavy atom. The number of carbonyl (C=O) groups excluding carboxylic acids is 1. The maximum absolute atomic E-state index is 12.7. The summed E-state index contributed by atoms with van der Waals surface area (Å²) in [4.78, 5) is 29.1. The van der Waals surface area contributed by atoms with Crippen LogP contribution in [0.4, 0.5) is 10.5 Å². The van der Waals surface area contributed by atoms with Crippen LogP contribution in [0.5, 0.6) is 0 Å². The number of carbonyl (C=O) groups is 2. The number of urea groups is 1. The Labute approximate surface area is 170 Å². The number of anilines is 1. The number of carboxylic acid groups (broad SMARTS) is 1. The highest BCUT2D eigenvalue weighted by Gasteiger charge is 2.26. The molecular weight excluding hydrogens is 401 g/mol. The van der Waals surface area contributed by atoms with E-state index < -0.39 is 12.0 Å². The molecule has 142 valence electrons. The van der Waals surface area contributed by atoms with Crippen LogP contribution in [0.15, 0.2) is 48.7 Å². The number of nitrogens with one attached hydrogen (secondary N) is 2. The molecular formula is C20H15Cl2N3O3. The number of hydrogen-bond acceptors (Lipinski definition) is 2. The fourth-order valence-electron chi connectivity index (χ4n) is 3.31. The molecule has 2 amide bonds. The van der Waals surface area contributed by atoms with Gasteiger partial charge in [-0.1, -0.05) is 41.4 Å². The first-order valence-corrected chi connectivity index (χ1v) is 9.27. The highest BCUT2D eigenvalue weighted by Crippen LogP contribution is 2.31. The van der Waals surface area contributed by atoms with Gasteiger partial charge in [-0.05, 0) is 36.2 Å². The van der Waals surface area contributed by atoms with Gasteiger partial charge in [-0.25, -0.2) is 9.59 Å². The maximum Gasteiger partial charge on any atom is 0.339 e. The number of para-hydroxylation sites is 1. The molecule has 1 aliphatic heterocycles. The minimum Gasteiger partial charge on any atom is -0.478 e. The average molecular weight is 416 g/mol. The molecule has 0 saturated carbocycles. The lowest BCUT2D eigenvalue weighted by Crippen LogP contribution is -2.32. The summed E-state index contributed by atoms with van der Waals surface area (Å²) in [6, 6.07) is 11.9. The predicted octanol–water partition coefficient (Wildman–Crippen LogP) is 4.99. The van der Waals surface area contributed by atoms with E-state index in [1.54, 1.807) is 12.1 Å². The van der Waals surface area contributed by atoms with Crippen molar-refractivity contribution in [2.75, 3.05) is 11.9 Å². The topological polar surface area (TPSA) is 85.4 Å². The molecule has 0 saturated heterocycles. The third-order valence-corrected chi connectivity index (χ3v) is 5.18. The molecule has 0 unspecified atom stereocenters. The number of nitrogens with zero attached hydrogens (tertiary/aromatic N) is 1. The molecule has 2 heterocycles. The predicted molar refractivity (Wildman–Crippen MR) is 110 cm³/mol. The molecule has 1 aromatic heterocycles. The van der Waals surface area contributed by atoms with E-state index >= 15 is 0 Å². The van der Waals surface area contributed by atoms with Crippen LogP contribution in [-0.2, 0) is 11.2 Å². The van der Waals surface area contributed by atoms with Crippen molar-refractivity contribution in [2.24, 2.45) is 0 Å². The minimum atomic E-state index is -1.11. The van der Waals surface area contributed by atoms with Crippen molar-refractivity contribution in [3.05, 3.63) is 70.0 Å². The monoisotopic (exact) mass is 415 g/mol. The van der Waals surface area contributed by atoms with Crippen LogP contribution in [0.25, 0.3) is 16.5 Å². The first kappa shape index (κ1) is 18.4. The molecule has 0 atom stereocenters. The molecule has 0 radical (unpaired) electrons. The Morgan fingerprint density at radius 3 is 2.68 bits per heavy atom. The summed E-state index contributed by atoms with van der Waals surface area (Å²) in [6.07, 6.45) is 1.86. The number of rotatable bonds is 2. The van der Waals surface area contributed by atoms with Crippen LogP contribution in [0.1, 0.15) is 11.3 Å². The van der Waals surface area contributed by atoms with Crippen LogP contribution < -0.4 is 5.32 Å². The van der Waals surface area contributed by atoms with E-state index in [2.05, 4.69) is 10.3 Å². The Kier molecular flexibility index (Phi) is 4.75. The number of amides is 2. The molecule has 6 nitrogen and oxygen atoms in total. The first-order valence-electron chi connectivity index (χ1n) is 8.52. The van der Waals surface area contributed by atoms with Crippen LogP contribution in [-0.4, -0.2) is 33.5 Å². The summed E-state index contributed by atoms with van der Waals surface area (Å²) in [5, 5.41) is 14.1. The first-order chi connectivity index (χ1) is 13.4. The number of aliphatic carboxylic acids is 1. The molecule has 0 spiro atoms. The average Bonchev–Trinajstić information content (AvgIpc) is 2.90. The summed E-state index contributed by atoms with van der Waals surface area (Å²) in [5.74, 6) is -1.11. The van der Waals surface area contributed by atoms with Crippen LogP contribution in [0.2, 0.25) is 10.0 Å². The zero-order valence-corrected chi connectivity index (χ0v) is 16.0. The van der Waals surface area contributed by atoms with Crippen molar-refractivity contribution in [1.82, 2.24) is 9.88 Å². The van der Waals surface area contributed by atoms with E-state index in [4.69, 9.17) is 23.2 Å². The van der Waals surface area contributed by atoms with E-state index in [9.17, 15) is 14.7 Å². The Bertz CT molecular complexity index is 1140. The van der Waals surface area contributed by atoms with E-state index in [0.717, 1.165) is 16.5 Å². The molecule has 0 bridgehead atoms. The molecule has 8 heteroatoms. The summed E-state index contributed by atoms with van der Waals surface area (Å²) < 4.78 is 0. The Balaban J connectivity index is 1.68. The quantitative estimate of drug-likeness (QED) is 0.550. The molecule has 4 rings (SSSR count). The highest BCUT2D eigenvalue weighted by atomic mass is 35.5. The summed E-state index contributed by atoms with van der Waals surface area (Å²) in [5.41, 5.74) is 2.69. The van der Waals surface area contributed by atoms with Crippen molar-refractivity contribution < 1.29 is 14.7 Å². The van der Waals surface area contributed by atoms with Gasteiger partial charge < -0.3 is 15.4 Å². The number of carboxylic acids is 1. The lowest BCUT2D eigenvalue weighted by Gasteiger charge is -2.19. The number of H-pyrrole nitrogens is 1. The third kappa shape index (κ3) is 3.32. The van der Waals surface area contributed by atoms with E-state index in [0.29, 0.717) is 34.4 Å². The van der Waals surface area contributed by atoms with Gasteiger partial charge in [-0.2, -0.15) is 0 Å². The molecule has 1 aliphatic rings. The van der Waals surface area contributed by atoms with Gasteiger partial charge in [0.1, 0.15) is 0 Å². The van der Waals surface area contributed by atoms with Gasteiger partial charge in [0.05, 0.1) is 22.0 Å². The zero-order valence-electron chi connectivity index (χ0n) is 14.5. The molecule has 0 aliphatic carbocycles. The van der Waals surface area contributed by atoms with Gasteiger partial charge >= 0.3 is 12.0 Å². The highest BCUT2D eigenvalue weighted by molar-refractivity contribution is 6.36. The minimum absolute atomic E-state index is 0.0288. The maximum atomic E-state index is 12.7. The second-order valence-electron chi connectivity index (χ2n) is 6.37.